The van der Waals surface area contributed by atoms with Crippen LogP contribution in [0.1, 0.15) is 127 Å². The highest BCUT2D eigenvalue weighted by Crippen LogP contribution is 2.43. The van der Waals surface area contributed by atoms with Crippen LogP contribution in [0.5, 0.6) is 11.5 Å². The molecule has 4 heterocycles. The molecule has 0 bridgehead atoms. The summed E-state index contributed by atoms with van der Waals surface area (Å²) in [6.45, 7) is 9.16. The van der Waals surface area contributed by atoms with E-state index in [4.69, 9.17) is 80.2 Å². The van der Waals surface area contributed by atoms with Crippen LogP contribution in [-0.2, 0) is 125 Å². The Balaban J connectivity index is 0.984. The topological polar surface area (TPSA) is 245 Å². The molecule has 2 amide bonds. The number of Topliss-reactive ketones (excluding diaryl/α,β-unsaturated/α-hetero) is 1. The molecular weight excluding hydrogens is 1570 g/mol. The summed E-state index contributed by atoms with van der Waals surface area (Å²) >= 11 is 0. The number of hydrogen-bond donors (Lipinski definition) is 0. The number of nitrogens with zero attached hydrogens (tertiary/aromatic N) is 1. The van der Waals surface area contributed by atoms with Crippen molar-refractivity contribution >= 4 is 48.2 Å². The lowest BCUT2D eigenvalue weighted by molar-refractivity contribution is -0.381. The zero-order valence-corrected chi connectivity index (χ0v) is 71.4. The summed E-state index contributed by atoms with van der Waals surface area (Å²) in [6, 6.07) is 79.0. The Bertz CT molecular complexity index is 4670. The number of ether oxygens (including phenoxy) is 16. The van der Waals surface area contributed by atoms with Crippen molar-refractivity contribution in [3.05, 3.63) is 299 Å². The van der Waals surface area contributed by atoms with E-state index in [1.165, 1.54) is 14.0 Å². The Morgan fingerprint density at radius 3 is 1.27 bits per heavy atom. The Labute approximate surface area is 715 Å². The molecule has 4 aliphatic rings. The van der Waals surface area contributed by atoms with Gasteiger partial charge >= 0.3 is 11.9 Å². The number of amides is 2. The minimum atomic E-state index is -3.55. The van der Waals surface area contributed by atoms with E-state index in [1.54, 1.807) is 38.5 Å². The van der Waals surface area contributed by atoms with Crippen molar-refractivity contribution in [2.45, 2.75) is 210 Å². The Morgan fingerprint density at radius 2 is 0.803 bits per heavy atom. The molecule has 3 fully saturated rings. The van der Waals surface area contributed by atoms with Crippen LogP contribution in [0.4, 0.5) is 0 Å². The second kappa shape index (κ2) is 43.9. The van der Waals surface area contributed by atoms with Crippen LogP contribution in [0.15, 0.2) is 255 Å². The lowest BCUT2D eigenvalue weighted by atomic mass is 9.94. The second-order valence-corrected chi connectivity index (χ2v) is 36.2. The molecular formula is C98H111NO22Si. The largest absolute Gasteiger partial charge is 0.497 e. The zero-order chi connectivity index (χ0) is 85.4. The van der Waals surface area contributed by atoms with Crippen molar-refractivity contribution in [3.63, 3.8) is 0 Å². The molecule has 122 heavy (non-hydrogen) atoms. The van der Waals surface area contributed by atoms with Gasteiger partial charge in [0.2, 0.25) is 0 Å². The number of carbonyl (C=O) groups is 5. The van der Waals surface area contributed by atoms with Crippen molar-refractivity contribution in [2.24, 2.45) is 0 Å². The highest BCUT2D eigenvalue weighted by Gasteiger charge is 2.60. The number of hydrogen-bond acceptors (Lipinski definition) is 22. The number of rotatable bonds is 42. The molecule has 0 aliphatic carbocycles. The first-order valence-electron chi connectivity index (χ1n) is 41.8. The molecule has 4 aliphatic heterocycles. The van der Waals surface area contributed by atoms with Gasteiger partial charge in [-0.05, 0) is 112 Å². The molecule has 3 saturated heterocycles. The average Bonchev–Trinajstić information content (AvgIpc) is 1.39. The van der Waals surface area contributed by atoms with Gasteiger partial charge in [0.1, 0.15) is 78.3 Å². The van der Waals surface area contributed by atoms with Crippen molar-refractivity contribution in [2.75, 3.05) is 41.2 Å². The van der Waals surface area contributed by atoms with E-state index >= 15 is 14.4 Å². The number of esters is 2. The first kappa shape index (κ1) is 89.8. The monoisotopic (exact) mass is 1680 g/mol. The smallest absolute Gasteiger partial charge is 0.306 e. The number of methoxy groups -OCH3 is 3. The summed E-state index contributed by atoms with van der Waals surface area (Å²) < 4.78 is 119. The molecule has 0 unspecified atom stereocenters. The number of imide groups is 1. The van der Waals surface area contributed by atoms with E-state index in [0.717, 1.165) is 37.5 Å². The van der Waals surface area contributed by atoms with Crippen LogP contribution in [0.2, 0.25) is 5.04 Å². The van der Waals surface area contributed by atoms with Crippen molar-refractivity contribution in [1.29, 1.82) is 0 Å². The van der Waals surface area contributed by atoms with Crippen LogP contribution in [0.3, 0.4) is 0 Å². The predicted octanol–water partition coefficient (Wildman–Crippen LogP) is 14.4. The third-order valence-electron chi connectivity index (χ3n) is 22.5. The maximum Gasteiger partial charge on any atom is 0.306 e. The summed E-state index contributed by atoms with van der Waals surface area (Å²) in [4.78, 5) is 72.4. The minimum absolute atomic E-state index is 0.0256. The summed E-state index contributed by atoms with van der Waals surface area (Å²) in [5, 5.41) is 1.30. The Morgan fingerprint density at radius 1 is 0.385 bits per heavy atom. The fourth-order valence-corrected chi connectivity index (χ4v) is 20.7. The molecule has 0 saturated carbocycles. The average molecular weight is 1680 g/mol. The van der Waals surface area contributed by atoms with Crippen LogP contribution >= 0.6 is 0 Å². The third kappa shape index (κ3) is 22.9. The van der Waals surface area contributed by atoms with E-state index in [2.05, 4.69) is 45.0 Å². The standard InChI is InChI=1S/C98H111NO22Si/c1-66(100)47-56-83(102)120-87-81(65-116-122(98(3,4)5,76-40-24-13-25-41-76)77-42-26-14-27-43-77)119-96(92(90(87)113-63-73-50-54-75(106-7)55-51-73)121-97-91(114-61-71-38-22-12-23-39-71)89(112-60-70-36-20-11-21-37-70)85(67(2)117-97)109-58-68-32-16-9-17-33-68)115-64-80-86(110-62-72-48-52-74(105-6)53-49-72)88(111-59-69-34-18-10-19-35-69)84(95(118-80)108-57-31-15-28-46-82(101)107-8)99-93(103)78-44-29-30-45-79(78)94(99)104/h9-14,16-27,29-30,32-45,48-55,67,80-81,84-92,95-97H,15,28,31,46-47,56-65H2,1-8H3/t67-,80+,81+,84+,85+,86+,87-,88+,89+,90-,91-,92+,95+,96+,97-/m0/s1. The van der Waals surface area contributed by atoms with Gasteiger partial charge in [-0.15, -0.1) is 0 Å². The third-order valence-corrected chi connectivity index (χ3v) is 27.5. The fourth-order valence-electron chi connectivity index (χ4n) is 16.2. The summed E-state index contributed by atoms with van der Waals surface area (Å²) in [5.74, 6) is -1.34. The van der Waals surface area contributed by atoms with Gasteiger partial charge in [-0.1, -0.05) is 246 Å². The SMILES string of the molecule is COC(=O)CCCCCO[C@@H]1O[C@H](CO[C@@H]2O[C@H](CO[Si](c3ccccc3)(c3ccccc3)C(C)(C)C)[C@H](OC(=O)CCC(C)=O)[C@H](OCc3ccc(OC)cc3)[C@H]2O[C@@H]2O[C@@H](C)[C@@H](OCc3ccccc3)[C@@H](OCc3ccccc3)[C@@H]2OCc2ccccc2)[C@@H](OCc2ccc(OC)cc2)[C@H](OCc2ccccc2)[C@H]1N1C(=O)c2ccccc2C1=O. The number of unbranched alkanes of at least 4 members (excludes halogenated alkanes) is 2. The van der Waals surface area contributed by atoms with Gasteiger partial charge in [0, 0.05) is 19.4 Å². The van der Waals surface area contributed by atoms with Gasteiger partial charge < -0.3 is 85.0 Å². The van der Waals surface area contributed by atoms with Gasteiger partial charge in [0.15, 0.2) is 25.0 Å². The van der Waals surface area contributed by atoms with Crippen LogP contribution < -0.4 is 19.8 Å². The molecule has 23 nitrogen and oxygen atoms in total. The number of ketones is 1. The molecule has 644 valence electrons. The van der Waals surface area contributed by atoms with Crippen LogP contribution in [-0.4, -0.2) is 176 Å². The van der Waals surface area contributed by atoms with Crippen molar-refractivity contribution in [3.8, 4) is 11.5 Å². The normalized spacial score (nSPS) is 23.5. The lowest BCUT2D eigenvalue weighted by Crippen LogP contribution is -2.69. The zero-order valence-electron chi connectivity index (χ0n) is 70.4. The molecule has 0 aromatic heterocycles. The molecule has 13 rings (SSSR count). The van der Waals surface area contributed by atoms with Gasteiger partial charge in [0.05, 0.1) is 97.8 Å². The van der Waals surface area contributed by atoms with E-state index in [-0.39, 0.29) is 95.0 Å². The highest BCUT2D eigenvalue weighted by atomic mass is 28.4. The summed E-state index contributed by atoms with van der Waals surface area (Å²) in [6.07, 6.45) is -16.5. The fraction of sp³-hybridized carbons (Fsp3) is 0.398. The maximum atomic E-state index is 15.3. The van der Waals surface area contributed by atoms with Crippen molar-refractivity contribution < 1.29 is 104 Å². The summed E-state index contributed by atoms with van der Waals surface area (Å²) in [5.41, 5.74) is 5.12. The first-order valence-corrected chi connectivity index (χ1v) is 43.7. The lowest BCUT2D eigenvalue weighted by Gasteiger charge is -2.51. The molecule has 9 aromatic rings. The second-order valence-electron chi connectivity index (χ2n) is 31.9. The molecule has 9 aromatic carbocycles. The molecule has 24 heteroatoms. The van der Waals surface area contributed by atoms with Gasteiger partial charge in [0.25, 0.3) is 20.1 Å². The Kier molecular flexibility index (Phi) is 32.3. The maximum absolute atomic E-state index is 15.3. The van der Waals surface area contributed by atoms with Gasteiger partial charge in [-0.25, -0.2) is 0 Å². The van der Waals surface area contributed by atoms with Crippen molar-refractivity contribution in [1.82, 2.24) is 4.90 Å². The van der Waals surface area contributed by atoms with Gasteiger partial charge in [-0.2, -0.15) is 0 Å². The highest BCUT2D eigenvalue weighted by molar-refractivity contribution is 6.99. The quantitative estimate of drug-likeness (QED) is 0.0149. The molecule has 15 atom stereocenters. The van der Waals surface area contributed by atoms with E-state index in [9.17, 15) is 9.59 Å². The minimum Gasteiger partial charge on any atom is -0.497 e. The van der Waals surface area contributed by atoms with E-state index in [1.807, 2.05) is 213 Å². The van der Waals surface area contributed by atoms with Crippen LogP contribution in [0.25, 0.3) is 0 Å². The number of carbonyl (C=O) groups excluding carboxylic acids is 5. The predicted molar refractivity (Wildman–Crippen MR) is 456 cm³/mol. The van der Waals surface area contributed by atoms with E-state index in [0.29, 0.717) is 41.9 Å². The van der Waals surface area contributed by atoms with E-state index < -0.39 is 130 Å². The van der Waals surface area contributed by atoms with Gasteiger partial charge in [-0.3, -0.25) is 24.1 Å². The number of fused-ring (bicyclic) bond motifs is 1. The molecule has 0 radical (unpaired) electrons. The molecule has 0 spiro atoms. The van der Waals surface area contributed by atoms with Crippen LogP contribution in [0, 0.1) is 0 Å². The summed E-state index contributed by atoms with van der Waals surface area (Å²) in [7, 11) is 0.956. The first-order chi connectivity index (χ1) is 59.4. The molecule has 0 N–H and O–H groups in total. The Hall–Kier alpha value is -9.97. The number of benzene rings is 9.